The number of carbonyl (C=O) groups is 2. The van der Waals surface area contributed by atoms with E-state index in [9.17, 15) is 35.9 Å². The van der Waals surface area contributed by atoms with Crippen molar-refractivity contribution in [2.45, 2.75) is 12.4 Å². The smallest absolute Gasteiger partial charge is 0.355 e. The Morgan fingerprint density at radius 3 is 2.00 bits per heavy atom. The Hall–Kier alpha value is -3.48. The SMILES string of the molecule is CNC(=O)c1ccccc1C#CCNC(=O)c1cc(C(F)(F)F)cc(C(F)(F)F)c1. The molecule has 0 radical (unpaired) electrons. The predicted octanol–water partition coefficient (Wildman–Crippen LogP) is 3.87. The van der Waals surface area contributed by atoms with Crippen LogP contribution < -0.4 is 10.6 Å². The summed E-state index contributed by atoms with van der Waals surface area (Å²) in [6.45, 7) is -0.363. The summed E-state index contributed by atoms with van der Waals surface area (Å²) in [4.78, 5) is 23.8. The van der Waals surface area contributed by atoms with Crippen LogP contribution in [-0.4, -0.2) is 25.4 Å². The highest BCUT2D eigenvalue weighted by Gasteiger charge is 2.37. The molecular formula is C20H14F6N2O2. The molecule has 2 amide bonds. The van der Waals surface area contributed by atoms with E-state index in [-0.39, 0.29) is 18.2 Å². The summed E-state index contributed by atoms with van der Waals surface area (Å²) in [6.07, 6.45) is -10.1. The Labute approximate surface area is 167 Å². The number of amides is 2. The Morgan fingerprint density at radius 1 is 0.900 bits per heavy atom. The van der Waals surface area contributed by atoms with E-state index in [0.29, 0.717) is 17.7 Å². The second kappa shape index (κ2) is 8.90. The number of hydrogen-bond donors (Lipinski definition) is 2. The van der Waals surface area contributed by atoms with Gasteiger partial charge in [-0.3, -0.25) is 9.59 Å². The lowest BCUT2D eigenvalue weighted by molar-refractivity contribution is -0.143. The van der Waals surface area contributed by atoms with Crippen LogP contribution in [0.4, 0.5) is 26.3 Å². The van der Waals surface area contributed by atoms with Crippen molar-refractivity contribution in [3.8, 4) is 11.8 Å². The molecule has 0 heterocycles. The van der Waals surface area contributed by atoms with Gasteiger partial charge in [-0.2, -0.15) is 26.3 Å². The maximum absolute atomic E-state index is 12.9. The van der Waals surface area contributed by atoms with E-state index in [4.69, 9.17) is 0 Å². The first-order valence-electron chi connectivity index (χ1n) is 8.31. The summed E-state index contributed by atoms with van der Waals surface area (Å²) in [5, 5.41) is 4.57. The van der Waals surface area contributed by atoms with Crippen LogP contribution in [0.3, 0.4) is 0 Å². The monoisotopic (exact) mass is 428 g/mol. The number of alkyl halides is 6. The highest BCUT2D eigenvalue weighted by Crippen LogP contribution is 2.36. The van der Waals surface area contributed by atoms with Gasteiger partial charge >= 0.3 is 12.4 Å². The third-order valence-electron chi connectivity index (χ3n) is 3.81. The molecule has 2 aromatic carbocycles. The first-order chi connectivity index (χ1) is 13.9. The van der Waals surface area contributed by atoms with Gasteiger partial charge in [0.25, 0.3) is 11.8 Å². The number of hydrogen-bond acceptors (Lipinski definition) is 2. The van der Waals surface area contributed by atoms with E-state index in [0.717, 1.165) is 0 Å². The summed E-state index contributed by atoms with van der Waals surface area (Å²) in [6, 6.07) is 6.90. The lowest BCUT2D eigenvalue weighted by atomic mass is 10.0. The van der Waals surface area contributed by atoms with Crippen LogP contribution in [0.15, 0.2) is 42.5 Å². The maximum atomic E-state index is 12.9. The van der Waals surface area contributed by atoms with E-state index in [2.05, 4.69) is 22.5 Å². The van der Waals surface area contributed by atoms with Gasteiger partial charge in [0, 0.05) is 18.2 Å². The van der Waals surface area contributed by atoms with Gasteiger partial charge in [0.15, 0.2) is 0 Å². The highest BCUT2D eigenvalue weighted by atomic mass is 19.4. The minimum absolute atomic E-state index is 0.0632. The molecule has 0 fully saturated rings. The second-order valence-electron chi connectivity index (χ2n) is 5.90. The largest absolute Gasteiger partial charge is 0.416 e. The van der Waals surface area contributed by atoms with Crippen LogP contribution in [0.5, 0.6) is 0 Å². The van der Waals surface area contributed by atoms with Gasteiger partial charge in [0.1, 0.15) is 0 Å². The molecule has 0 aliphatic rings. The van der Waals surface area contributed by atoms with Gasteiger partial charge in [-0.15, -0.1) is 0 Å². The highest BCUT2D eigenvalue weighted by molar-refractivity contribution is 5.96. The summed E-state index contributed by atoms with van der Waals surface area (Å²) in [5.41, 5.74) is -3.37. The molecule has 2 rings (SSSR count). The fourth-order valence-electron chi connectivity index (χ4n) is 2.38. The van der Waals surface area contributed by atoms with Crippen molar-refractivity contribution in [1.82, 2.24) is 10.6 Å². The zero-order valence-corrected chi connectivity index (χ0v) is 15.3. The normalized spacial score (nSPS) is 11.3. The molecular weight excluding hydrogens is 414 g/mol. The number of halogens is 6. The summed E-state index contributed by atoms with van der Waals surface area (Å²) in [5.74, 6) is 3.58. The number of nitrogens with one attached hydrogen (secondary N) is 2. The molecule has 0 bridgehead atoms. The minimum atomic E-state index is -5.06. The van der Waals surface area contributed by atoms with Crippen LogP contribution in [0.25, 0.3) is 0 Å². The number of carbonyl (C=O) groups excluding carboxylic acids is 2. The molecule has 30 heavy (non-hydrogen) atoms. The van der Waals surface area contributed by atoms with E-state index >= 15 is 0 Å². The van der Waals surface area contributed by atoms with Crippen molar-refractivity contribution in [2.75, 3.05) is 13.6 Å². The summed E-state index contributed by atoms with van der Waals surface area (Å²) in [7, 11) is 1.43. The Balaban J connectivity index is 2.21. The molecule has 0 atom stereocenters. The topological polar surface area (TPSA) is 58.2 Å². The third kappa shape index (κ3) is 5.76. The second-order valence-corrected chi connectivity index (χ2v) is 5.90. The van der Waals surface area contributed by atoms with Crippen molar-refractivity contribution < 1.29 is 35.9 Å². The van der Waals surface area contributed by atoms with Crippen molar-refractivity contribution in [3.63, 3.8) is 0 Å². The molecule has 10 heteroatoms. The van der Waals surface area contributed by atoms with Crippen molar-refractivity contribution >= 4 is 11.8 Å². The summed E-state index contributed by atoms with van der Waals surface area (Å²) >= 11 is 0. The van der Waals surface area contributed by atoms with E-state index < -0.39 is 40.9 Å². The van der Waals surface area contributed by atoms with Crippen molar-refractivity contribution in [1.29, 1.82) is 0 Å². The lowest BCUT2D eigenvalue weighted by Crippen LogP contribution is -2.25. The van der Waals surface area contributed by atoms with E-state index in [1.807, 2.05) is 0 Å². The van der Waals surface area contributed by atoms with Gasteiger partial charge in [-0.25, -0.2) is 0 Å². The van der Waals surface area contributed by atoms with Gasteiger partial charge in [0.2, 0.25) is 0 Å². The van der Waals surface area contributed by atoms with Gasteiger partial charge < -0.3 is 10.6 Å². The van der Waals surface area contributed by atoms with Crippen LogP contribution >= 0.6 is 0 Å². The standard InChI is InChI=1S/C20H14F6N2O2/c1-27-18(30)16-7-3-2-5-12(16)6-4-8-28-17(29)13-9-14(19(21,22)23)11-15(10-13)20(24,25)26/h2-3,5,7,9-11H,8H2,1H3,(H,27,30)(H,28,29). The van der Waals surface area contributed by atoms with Crippen LogP contribution in [0.1, 0.15) is 37.4 Å². The molecule has 0 saturated heterocycles. The molecule has 0 aliphatic heterocycles. The number of rotatable bonds is 3. The molecule has 0 spiro atoms. The fraction of sp³-hybridized carbons (Fsp3) is 0.200. The zero-order chi connectivity index (χ0) is 22.5. The van der Waals surface area contributed by atoms with Crippen LogP contribution in [-0.2, 0) is 12.4 Å². The molecule has 2 aromatic rings. The van der Waals surface area contributed by atoms with E-state index in [1.54, 1.807) is 18.2 Å². The Morgan fingerprint density at radius 2 is 1.47 bits per heavy atom. The first-order valence-corrected chi connectivity index (χ1v) is 8.31. The van der Waals surface area contributed by atoms with Crippen molar-refractivity contribution in [3.05, 3.63) is 70.3 Å². The first kappa shape index (κ1) is 22.8. The van der Waals surface area contributed by atoms with Gasteiger partial charge in [0.05, 0.1) is 23.2 Å². The predicted molar refractivity (Wildman–Crippen MR) is 95.5 cm³/mol. The molecule has 0 aliphatic carbocycles. The Bertz CT molecular complexity index is 984. The zero-order valence-electron chi connectivity index (χ0n) is 15.3. The van der Waals surface area contributed by atoms with Gasteiger partial charge in [-0.05, 0) is 30.3 Å². The van der Waals surface area contributed by atoms with Crippen LogP contribution in [0.2, 0.25) is 0 Å². The summed E-state index contributed by atoms with van der Waals surface area (Å²) < 4.78 is 77.2. The quantitative estimate of drug-likeness (QED) is 0.576. The average molecular weight is 428 g/mol. The lowest BCUT2D eigenvalue weighted by Gasteiger charge is -2.13. The molecule has 0 unspecified atom stereocenters. The molecule has 2 N–H and O–H groups in total. The third-order valence-corrected chi connectivity index (χ3v) is 3.81. The molecule has 0 aromatic heterocycles. The molecule has 0 saturated carbocycles. The van der Waals surface area contributed by atoms with Crippen molar-refractivity contribution in [2.24, 2.45) is 0 Å². The van der Waals surface area contributed by atoms with Gasteiger partial charge in [-0.1, -0.05) is 24.0 Å². The minimum Gasteiger partial charge on any atom is -0.355 e. The maximum Gasteiger partial charge on any atom is 0.416 e. The Kier molecular flexibility index (Phi) is 6.77. The average Bonchev–Trinajstić information content (AvgIpc) is 2.69. The molecule has 158 valence electrons. The van der Waals surface area contributed by atoms with E-state index in [1.165, 1.54) is 13.1 Å². The molecule has 4 nitrogen and oxygen atoms in total. The fourth-order valence-corrected chi connectivity index (χ4v) is 2.38. The number of benzene rings is 2. The van der Waals surface area contributed by atoms with Crippen LogP contribution in [0, 0.1) is 11.8 Å².